The largest absolute Gasteiger partial charge is 0.497 e. The molecule has 2 aromatic heterocycles. The van der Waals surface area contributed by atoms with Crippen molar-refractivity contribution in [1.29, 1.82) is 0 Å². The summed E-state index contributed by atoms with van der Waals surface area (Å²) >= 11 is 0. The van der Waals surface area contributed by atoms with Crippen LogP contribution in [0.5, 0.6) is 5.75 Å². The Morgan fingerprint density at radius 1 is 1.11 bits per heavy atom. The molecule has 4 rings (SSSR count). The average Bonchev–Trinajstić information content (AvgIpc) is 3.24. The molecule has 3 aromatic rings. The first kappa shape index (κ1) is 24.6. The number of sulfonamides is 1. The van der Waals surface area contributed by atoms with Gasteiger partial charge in [-0.2, -0.15) is 4.31 Å². The molecule has 0 radical (unpaired) electrons. The average molecular weight is 497 g/mol. The van der Waals surface area contributed by atoms with Crippen LogP contribution in [0.2, 0.25) is 0 Å². The molecule has 184 valence electrons. The molecule has 35 heavy (non-hydrogen) atoms. The van der Waals surface area contributed by atoms with Crippen LogP contribution < -0.4 is 10.1 Å². The number of carbonyl (C=O) groups excluding carboxylic acids is 1. The van der Waals surface area contributed by atoms with Crippen molar-refractivity contribution in [3.8, 4) is 5.75 Å². The van der Waals surface area contributed by atoms with Crippen LogP contribution in [0.1, 0.15) is 35.6 Å². The minimum absolute atomic E-state index is 0.0501. The van der Waals surface area contributed by atoms with Gasteiger partial charge in [-0.3, -0.25) is 4.79 Å². The Morgan fingerprint density at radius 3 is 2.49 bits per heavy atom. The van der Waals surface area contributed by atoms with E-state index >= 15 is 0 Å². The number of anilines is 1. The number of nitrogens with one attached hydrogen (secondary N) is 1. The van der Waals surface area contributed by atoms with Gasteiger partial charge in [0.05, 0.1) is 7.11 Å². The van der Waals surface area contributed by atoms with E-state index in [1.54, 1.807) is 32.3 Å². The maximum absolute atomic E-state index is 13.5. The van der Waals surface area contributed by atoms with Gasteiger partial charge in [0, 0.05) is 24.7 Å². The van der Waals surface area contributed by atoms with Crippen LogP contribution in [0.25, 0.3) is 12.2 Å². The molecule has 1 fully saturated rings. The normalized spacial score (nSPS) is 15.4. The second kappa shape index (κ2) is 10.4. The lowest BCUT2D eigenvalue weighted by atomic mass is 9.97. The Morgan fingerprint density at radius 2 is 1.83 bits per heavy atom. The van der Waals surface area contributed by atoms with Gasteiger partial charge in [-0.05, 0) is 62.6 Å². The Hall–Kier alpha value is -3.50. The molecule has 1 aromatic carbocycles. The number of rotatable bonds is 7. The lowest BCUT2D eigenvalue weighted by molar-refractivity contribution is -0.120. The summed E-state index contributed by atoms with van der Waals surface area (Å²) < 4.78 is 38.8. The number of hydrogen-bond acceptors (Lipinski definition) is 7. The fraction of sp³-hybridized carbons (Fsp3) is 0.320. The van der Waals surface area contributed by atoms with Crippen molar-refractivity contribution < 1.29 is 22.5 Å². The first-order chi connectivity index (χ1) is 16.8. The summed E-state index contributed by atoms with van der Waals surface area (Å²) in [5.74, 6) is 0.960. The molecule has 3 heterocycles. The molecule has 0 aliphatic carbocycles. The van der Waals surface area contributed by atoms with Crippen LogP contribution in [0.3, 0.4) is 0 Å². The van der Waals surface area contributed by atoms with E-state index in [9.17, 15) is 13.2 Å². The van der Waals surface area contributed by atoms with Gasteiger partial charge in [-0.25, -0.2) is 13.4 Å². The van der Waals surface area contributed by atoms with E-state index in [1.807, 2.05) is 43.3 Å². The lowest BCUT2D eigenvalue weighted by Gasteiger charge is -2.30. The summed E-state index contributed by atoms with van der Waals surface area (Å²) in [6, 6.07) is 12.8. The lowest BCUT2D eigenvalue weighted by Crippen LogP contribution is -2.41. The number of pyridine rings is 1. The van der Waals surface area contributed by atoms with Gasteiger partial charge in [0.25, 0.3) is 0 Å². The summed E-state index contributed by atoms with van der Waals surface area (Å²) in [7, 11) is -2.25. The third-order valence-electron chi connectivity index (χ3n) is 5.94. The number of methoxy groups -OCH3 is 1. The van der Waals surface area contributed by atoms with E-state index < -0.39 is 10.0 Å². The fourth-order valence-corrected chi connectivity index (χ4v) is 5.73. The van der Waals surface area contributed by atoms with Gasteiger partial charge >= 0.3 is 0 Å². The highest BCUT2D eigenvalue weighted by Gasteiger charge is 2.36. The molecule has 0 unspecified atom stereocenters. The molecule has 0 saturated carbocycles. The number of nitrogens with zero attached hydrogens (tertiary/aromatic N) is 3. The highest BCUT2D eigenvalue weighted by Crippen LogP contribution is 2.29. The molecular weight excluding hydrogens is 468 g/mol. The van der Waals surface area contributed by atoms with E-state index in [2.05, 4.69) is 15.5 Å². The number of ether oxygens (including phenoxy) is 1. The van der Waals surface area contributed by atoms with Crippen LogP contribution in [-0.4, -0.2) is 49.0 Å². The van der Waals surface area contributed by atoms with Gasteiger partial charge < -0.3 is 14.6 Å². The molecule has 1 aliphatic heterocycles. The van der Waals surface area contributed by atoms with Gasteiger partial charge in [0.2, 0.25) is 15.9 Å². The molecule has 1 amide bonds. The predicted octanol–water partition coefficient (Wildman–Crippen LogP) is 3.90. The van der Waals surface area contributed by atoms with E-state index in [-0.39, 0.29) is 35.6 Å². The molecular formula is C25H28N4O5S. The molecule has 0 atom stereocenters. The molecule has 1 N–H and O–H groups in total. The zero-order valence-corrected chi connectivity index (χ0v) is 20.7. The number of aromatic nitrogens is 2. The summed E-state index contributed by atoms with van der Waals surface area (Å²) in [6.45, 7) is 3.92. The molecule has 10 heteroatoms. The van der Waals surface area contributed by atoms with Crippen molar-refractivity contribution in [2.24, 2.45) is 5.92 Å². The minimum atomic E-state index is -3.85. The van der Waals surface area contributed by atoms with Crippen molar-refractivity contribution in [3.63, 3.8) is 0 Å². The zero-order valence-electron chi connectivity index (χ0n) is 19.9. The highest BCUT2D eigenvalue weighted by atomic mass is 32.2. The first-order valence-electron chi connectivity index (χ1n) is 11.3. The van der Waals surface area contributed by atoms with E-state index in [0.29, 0.717) is 24.4 Å². The van der Waals surface area contributed by atoms with Crippen LogP contribution in [-0.2, 0) is 14.8 Å². The smallest absolute Gasteiger partial charge is 0.248 e. The van der Waals surface area contributed by atoms with Crippen LogP contribution >= 0.6 is 0 Å². The number of amides is 1. The maximum Gasteiger partial charge on any atom is 0.248 e. The topological polar surface area (TPSA) is 115 Å². The Kier molecular flexibility index (Phi) is 7.32. The Bertz CT molecular complexity index is 1320. The molecule has 0 spiro atoms. The zero-order chi connectivity index (χ0) is 25.0. The van der Waals surface area contributed by atoms with E-state index in [4.69, 9.17) is 9.26 Å². The van der Waals surface area contributed by atoms with Crippen LogP contribution in [0, 0.1) is 19.8 Å². The quantitative estimate of drug-likeness (QED) is 0.527. The van der Waals surface area contributed by atoms with E-state index in [1.165, 1.54) is 4.31 Å². The van der Waals surface area contributed by atoms with Crippen LogP contribution in [0.15, 0.2) is 51.9 Å². The van der Waals surface area contributed by atoms with Crippen LogP contribution in [0.4, 0.5) is 5.82 Å². The van der Waals surface area contributed by atoms with Crippen molar-refractivity contribution in [3.05, 3.63) is 65.2 Å². The second-order valence-corrected chi connectivity index (χ2v) is 10.3. The summed E-state index contributed by atoms with van der Waals surface area (Å²) in [4.78, 5) is 17.0. The van der Waals surface area contributed by atoms with Gasteiger partial charge in [-0.1, -0.05) is 29.4 Å². The van der Waals surface area contributed by atoms with Gasteiger partial charge in [-0.15, -0.1) is 0 Å². The van der Waals surface area contributed by atoms with Crippen molar-refractivity contribution in [2.45, 2.75) is 31.6 Å². The molecule has 1 saturated heterocycles. The Labute approximate surface area is 204 Å². The van der Waals surface area contributed by atoms with Crippen molar-refractivity contribution >= 4 is 33.9 Å². The summed E-state index contributed by atoms with van der Waals surface area (Å²) in [5.41, 5.74) is 1.97. The molecule has 9 nitrogen and oxygen atoms in total. The summed E-state index contributed by atoms with van der Waals surface area (Å²) in [6.07, 6.45) is 4.19. The van der Waals surface area contributed by atoms with E-state index in [0.717, 1.165) is 17.0 Å². The number of hydrogen-bond donors (Lipinski definition) is 1. The number of carbonyl (C=O) groups is 1. The fourth-order valence-electron chi connectivity index (χ4n) is 4.01. The molecule has 0 bridgehead atoms. The summed E-state index contributed by atoms with van der Waals surface area (Å²) in [5, 5.41) is 6.72. The van der Waals surface area contributed by atoms with Gasteiger partial charge in [0.1, 0.15) is 17.3 Å². The minimum Gasteiger partial charge on any atom is -0.497 e. The maximum atomic E-state index is 13.5. The standard InChI is InChI=1S/C25H28N4O5S/c1-17-5-4-6-23(26-17)27-25(30)20-13-15-29(16-14-20)35(31,32)24-18(2)28-34-22(24)12-9-19-7-10-21(33-3)11-8-19/h4-12,20H,13-16H2,1-3H3,(H,26,27,30)/b12-9-. The predicted molar refractivity (Wildman–Crippen MR) is 132 cm³/mol. The van der Waals surface area contributed by atoms with Crippen molar-refractivity contribution in [2.75, 3.05) is 25.5 Å². The number of aryl methyl sites for hydroxylation is 2. The first-order valence-corrected chi connectivity index (χ1v) is 12.7. The third-order valence-corrected chi connectivity index (χ3v) is 8.00. The number of benzene rings is 1. The third kappa shape index (κ3) is 5.60. The Balaban J connectivity index is 1.44. The monoisotopic (exact) mass is 496 g/mol. The molecule has 1 aliphatic rings. The van der Waals surface area contributed by atoms with Crippen molar-refractivity contribution in [1.82, 2.24) is 14.4 Å². The SMILES string of the molecule is COc1ccc(/C=C\c2onc(C)c2S(=O)(=O)N2CCC(C(=O)Nc3cccc(C)n3)CC2)cc1. The second-order valence-electron chi connectivity index (χ2n) is 8.40. The van der Waals surface area contributed by atoms with Gasteiger partial charge in [0.15, 0.2) is 10.7 Å². The number of piperidine rings is 1. The highest BCUT2D eigenvalue weighted by molar-refractivity contribution is 7.89.